The van der Waals surface area contributed by atoms with Crippen LogP contribution in [0.5, 0.6) is 0 Å². The Balaban J connectivity index is 1.37. The summed E-state index contributed by atoms with van der Waals surface area (Å²) in [6.45, 7) is 10.7. The summed E-state index contributed by atoms with van der Waals surface area (Å²) in [5.74, 6) is -2.20. The monoisotopic (exact) mass is 828 g/mol. The summed E-state index contributed by atoms with van der Waals surface area (Å²) in [5, 5.41) is 3.54. The van der Waals surface area contributed by atoms with Gasteiger partial charge in [0.25, 0.3) is 0 Å². The summed E-state index contributed by atoms with van der Waals surface area (Å²) >= 11 is 0. The third-order valence-electron chi connectivity index (χ3n) is 12.2. The predicted molar refractivity (Wildman–Crippen MR) is 243 cm³/mol. The standard InChI is InChI=1S/C54H56N2O6/c1-50(2)38-52(5,39-56(45-34-22-11-23-35-45)37-36-55-44-32-20-10-21-33-44)49(58)62-54(42-28-16-8-17-29-42,43-30-18-9-19-31-43)47-46(59-51(3,4)60-47)53(61-48(50)57,40-24-12-6-13-25-40)41-26-14-7-15-27-41/h6-35,46-47,55H,36-39H2,1-5H3/t46-,47-,52-/m1/s1. The number of nitrogens with zero attached hydrogens (tertiary/aromatic N) is 1. The van der Waals surface area contributed by atoms with E-state index in [2.05, 4.69) is 10.2 Å². The van der Waals surface area contributed by atoms with Gasteiger partial charge in [0.1, 0.15) is 12.2 Å². The van der Waals surface area contributed by atoms with Crippen LogP contribution in [0.25, 0.3) is 0 Å². The van der Waals surface area contributed by atoms with Gasteiger partial charge in [-0.1, -0.05) is 158 Å². The fourth-order valence-electron chi connectivity index (χ4n) is 9.49. The fraction of sp³-hybridized carbons (Fsp3) is 0.296. The lowest BCUT2D eigenvalue weighted by atomic mass is 9.71. The van der Waals surface area contributed by atoms with Gasteiger partial charge in [-0.25, -0.2) is 0 Å². The van der Waals surface area contributed by atoms with Gasteiger partial charge in [0.2, 0.25) is 0 Å². The molecule has 6 aromatic carbocycles. The van der Waals surface area contributed by atoms with E-state index in [0.717, 1.165) is 11.4 Å². The number of cyclic esters (lactones) is 2. The molecule has 3 atom stereocenters. The third-order valence-corrected chi connectivity index (χ3v) is 12.2. The normalized spacial score (nSPS) is 22.5. The third kappa shape index (κ3) is 8.25. The van der Waals surface area contributed by atoms with E-state index < -0.39 is 52.0 Å². The minimum atomic E-state index is -1.62. The van der Waals surface area contributed by atoms with E-state index >= 15 is 9.59 Å². The Labute approximate surface area is 365 Å². The largest absolute Gasteiger partial charge is 0.446 e. The van der Waals surface area contributed by atoms with Crippen LogP contribution < -0.4 is 10.2 Å². The molecule has 0 saturated carbocycles. The lowest BCUT2D eigenvalue weighted by molar-refractivity contribution is -0.199. The second-order valence-electron chi connectivity index (χ2n) is 17.9. The molecule has 0 bridgehead atoms. The number of carbonyl (C=O) groups excluding carboxylic acids is 2. The summed E-state index contributed by atoms with van der Waals surface area (Å²) in [5.41, 5.74) is -1.04. The van der Waals surface area contributed by atoms with Crippen molar-refractivity contribution in [3.63, 3.8) is 0 Å². The van der Waals surface area contributed by atoms with Crippen molar-refractivity contribution in [2.24, 2.45) is 10.8 Å². The van der Waals surface area contributed by atoms with Crippen LogP contribution in [0.3, 0.4) is 0 Å². The Kier molecular flexibility index (Phi) is 11.8. The molecular formula is C54H56N2O6. The van der Waals surface area contributed by atoms with E-state index in [0.29, 0.717) is 35.3 Å². The van der Waals surface area contributed by atoms with Crippen molar-refractivity contribution in [2.45, 2.75) is 70.2 Å². The smallest absolute Gasteiger partial charge is 0.314 e. The predicted octanol–water partition coefficient (Wildman–Crippen LogP) is 10.5. The minimum absolute atomic E-state index is 0.0922. The van der Waals surface area contributed by atoms with Crippen molar-refractivity contribution < 1.29 is 28.5 Å². The maximum Gasteiger partial charge on any atom is 0.314 e. The van der Waals surface area contributed by atoms with Crippen molar-refractivity contribution in [3.8, 4) is 0 Å². The highest BCUT2D eigenvalue weighted by atomic mass is 16.8. The van der Waals surface area contributed by atoms with Gasteiger partial charge >= 0.3 is 11.9 Å². The van der Waals surface area contributed by atoms with Crippen molar-refractivity contribution in [2.75, 3.05) is 29.9 Å². The summed E-state index contributed by atoms with van der Waals surface area (Å²) in [4.78, 5) is 33.7. The number of benzene rings is 6. The van der Waals surface area contributed by atoms with Crippen LogP contribution in [0.4, 0.5) is 11.4 Å². The molecular weight excluding hydrogens is 773 g/mol. The quantitative estimate of drug-likeness (QED) is 0.129. The molecule has 2 aliphatic rings. The molecule has 2 heterocycles. The summed E-state index contributed by atoms with van der Waals surface area (Å²) in [6, 6.07) is 59.1. The van der Waals surface area contributed by atoms with Crippen LogP contribution in [-0.2, 0) is 39.7 Å². The number of nitrogens with one attached hydrogen (secondary N) is 1. The van der Waals surface area contributed by atoms with E-state index in [1.165, 1.54) is 0 Å². The SMILES string of the molecule is CC1(C)O[C@@H]2[C@@H](O1)C(c1ccccc1)(c1ccccc1)OC(=O)[C@@](C)(CN(CCNc1ccccc1)c1ccccc1)CC(C)(C)C(=O)OC2(c1ccccc1)c1ccccc1. The zero-order chi connectivity index (χ0) is 43.4. The van der Waals surface area contributed by atoms with Gasteiger partial charge in [0.05, 0.1) is 10.8 Å². The summed E-state index contributed by atoms with van der Waals surface area (Å²) in [7, 11) is 0. The van der Waals surface area contributed by atoms with Gasteiger partial charge in [-0.3, -0.25) is 9.59 Å². The van der Waals surface area contributed by atoms with Gasteiger partial charge < -0.3 is 29.2 Å². The molecule has 8 nitrogen and oxygen atoms in total. The number of hydrogen-bond donors (Lipinski definition) is 1. The van der Waals surface area contributed by atoms with Crippen LogP contribution in [-0.4, -0.2) is 49.6 Å². The number of esters is 2. The molecule has 0 aliphatic carbocycles. The van der Waals surface area contributed by atoms with E-state index in [4.69, 9.17) is 18.9 Å². The van der Waals surface area contributed by atoms with Crippen molar-refractivity contribution in [3.05, 3.63) is 204 Å². The average Bonchev–Trinajstić information content (AvgIpc) is 3.63. The van der Waals surface area contributed by atoms with Crippen molar-refractivity contribution >= 4 is 23.3 Å². The highest BCUT2D eigenvalue weighted by Gasteiger charge is 2.67. The number of fused-ring (bicyclic) bond motifs is 1. The Morgan fingerprint density at radius 1 is 0.516 bits per heavy atom. The Hall–Kier alpha value is -6.22. The highest BCUT2D eigenvalue weighted by molar-refractivity contribution is 5.82. The van der Waals surface area contributed by atoms with Gasteiger partial charge in [0.15, 0.2) is 17.0 Å². The second kappa shape index (κ2) is 17.3. The number of rotatable bonds is 11. The molecule has 8 rings (SSSR count). The molecule has 2 saturated heterocycles. The molecule has 6 aromatic rings. The number of carbonyl (C=O) groups is 2. The molecule has 0 spiro atoms. The molecule has 0 unspecified atom stereocenters. The molecule has 318 valence electrons. The molecule has 1 N–H and O–H groups in total. The first-order valence-corrected chi connectivity index (χ1v) is 21.5. The Morgan fingerprint density at radius 2 is 0.887 bits per heavy atom. The van der Waals surface area contributed by atoms with Crippen molar-refractivity contribution in [1.82, 2.24) is 0 Å². The fourth-order valence-corrected chi connectivity index (χ4v) is 9.49. The van der Waals surface area contributed by atoms with E-state index in [9.17, 15) is 0 Å². The second-order valence-corrected chi connectivity index (χ2v) is 17.9. The molecule has 0 radical (unpaired) electrons. The Bertz CT molecular complexity index is 2330. The van der Waals surface area contributed by atoms with Crippen LogP contribution in [0.15, 0.2) is 182 Å². The van der Waals surface area contributed by atoms with E-state index in [1.54, 1.807) is 0 Å². The topological polar surface area (TPSA) is 86.3 Å². The summed E-state index contributed by atoms with van der Waals surface area (Å²) in [6.07, 6.45) is -2.02. The van der Waals surface area contributed by atoms with Gasteiger partial charge in [-0.2, -0.15) is 0 Å². The number of hydrogen-bond acceptors (Lipinski definition) is 8. The zero-order valence-electron chi connectivity index (χ0n) is 36.2. The van der Waals surface area contributed by atoms with Gasteiger partial charge in [-0.05, 0) is 65.3 Å². The zero-order valence-corrected chi connectivity index (χ0v) is 36.2. The van der Waals surface area contributed by atoms with E-state index in [-0.39, 0.29) is 13.0 Å². The first kappa shape index (κ1) is 42.5. The van der Waals surface area contributed by atoms with Crippen LogP contribution >= 0.6 is 0 Å². The number of para-hydroxylation sites is 2. The van der Waals surface area contributed by atoms with Gasteiger partial charge in [-0.15, -0.1) is 0 Å². The Morgan fingerprint density at radius 3 is 1.31 bits per heavy atom. The molecule has 2 aliphatic heterocycles. The molecule has 2 fully saturated rings. The highest BCUT2D eigenvalue weighted by Crippen LogP contribution is 2.55. The average molecular weight is 829 g/mol. The molecule has 8 heteroatoms. The van der Waals surface area contributed by atoms with Crippen molar-refractivity contribution in [1.29, 1.82) is 0 Å². The maximum absolute atomic E-state index is 16.0. The first-order chi connectivity index (χ1) is 29.9. The molecule has 0 aromatic heterocycles. The molecule has 62 heavy (non-hydrogen) atoms. The first-order valence-electron chi connectivity index (χ1n) is 21.5. The van der Waals surface area contributed by atoms with Gasteiger partial charge in [0, 0.05) is 53.3 Å². The lowest BCUT2D eigenvalue weighted by Crippen LogP contribution is -2.58. The van der Waals surface area contributed by atoms with E-state index in [1.807, 2.05) is 217 Å². The van der Waals surface area contributed by atoms with Crippen LogP contribution in [0, 0.1) is 10.8 Å². The van der Waals surface area contributed by atoms with Crippen LogP contribution in [0.2, 0.25) is 0 Å². The maximum atomic E-state index is 16.0. The number of anilines is 2. The lowest BCUT2D eigenvalue weighted by Gasteiger charge is -2.46. The van der Waals surface area contributed by atoms with Crippen LogP contribution in [0.1, 0.15) is 63.3 Å². The summed E-state index contributed by atoms with van der Waals surface area (Å²) < 4.78 is 29.0. The molecule has 0 amide bonds. The minimum Gasteiger partial charge on any atom is -0.446 e. The number of ether oxygens (including phenoxy) is 4.